The van der Waals surface area contributed by atoms with Crippen LogP contribution in [0.1, 0.15) is 26.3 Å². The SMILES string of the molecule is CCOCC(NCc1cc(F)ccc1O)C(C)C. The highest BCUT2D eigenvalue weighted by atomic mass is 19.1. The summed E-state index contributed by atoms with van der Waals surface area (Å²) in [6.45, 7) is 7.87. The van der Waals surface area contributed by atoms with Crippen molar-refractivity contribution in [2.45, 2.75) is 33.4 Å². The Balaban J connectivity index is 2.58. The van der Waals surface area contributed by atoms with Crippen LogP contribution in [0.4, 0.5) is 4.39 Å². The lowest BCUT2D eigenvalue weighted by Crippen LogP contribution is -2.37. The highest BCUT2D eigenvalue weighted by Crippen LogP contribution is 2.18. The van der Waals surface area contributed by atoms with Crippen LogP contribution < -0.4 is 5.32 Å². The number of rotatable bonds is 7. The number of hydrogen-bond acceptors (Lipinski definition) is 3. The van der Waals surface area contributed by atoms with Crippen LogP contribution in [0, 0.1) is 11.7 Å². The molecule has 1 aromatic rings. The van der Waals surface area contributed by atoms with E-state index >= 15 is 0 Å². The number of hydrogen-bond donors (Lipinski definition) is 2. The summed E-state index contributed by atoms with van der Waals surface area (Å²) in [7, 11) is 0. The van der Waals surface area contributed by atoms with Crippen molar-refractivity contribution in [3.63, 3.8) is 0 Å². The second kappa shape index (κ2) is 7.34. The Kier molecular flexibility index (Phi) is 6.09. The van der Waals surface area contributed by atoms with Crippen molar-refractivity contribution in [2.24, 2.45) is 5.92 Å². The quantitative estimate of drug-likeness (QED) is 0.787. The second-order valence-electron chi connectivity index (χ2n) is 4.66. The molecular weight excluding hydrogens is 233 g/mol. The zero-order chi connectivity index (χ0) is 13.5. The molecule has 3 nitrogen and oxygen atoms in total. The first-order valence-corrected chi connectivity index (χ1v) is 6.33. The van der Waals surface area contributed by atoms with Crippen LogP contribution in [0.5, 0.6) is 5.75 Å². The first-order valence-electron chi connectivity index (χ1n) is 6.33. The predicted molar refractivity (Wildman–Crippen MR) is 70.0 cm³/mol. The third-order valence-electron chi connectivity index (χ3n) is 2.90. The van der Waals surface area contributed by atoms with Gasteiger partial charge >= 0.3 is 0 Å². The normalized spacial score (nSPS) is 12.9. The van der Waals surface area contributed by atoms with Crippen molar-refractivity contribution in [1.82, 2.24) is 5.32 Å². The van der Waals surface area contributed by atoms with Gasteiger partial charge in [0.1, 0.15) is 11.6 Å². The highest BCUT2D eigenvalue weighted by Gasteiger charge is 2.13. The van der Waals surface area contributed by atoms with Gasteiger partial charge in [0.15, 0.2) is 0 Å². The maximum absolute atomic E-state index is 13.1. The second-order valence-corrected chi connectivity index (χ2v) is 4.66. The molecule has 1 aromatic carbocycles. The van der Waals surface area contributed by atoms with Crippen molar-refractivity contribution >= 4 is 0 Å². The number of phenols is 1. The summed E-state index contributed by atoms with van der Waals surface area (Å²) in [6.07, 6.45) is 0. The van der Waals surface area contributed by atoms with Crippen LogP contribution in [-0.4, -0.2) is 24.4 Å². The fraction of sp³-hybridized carbons (Fsp3) is 0.571. The number of nitrogens with one attached hydrogen (secondary N) is 1. The van der Waals surface area contributed by atoms with Crippen molar-refractivity contribution in [3.05, 3.63) is 29.6 Å². The summed E-state index contributed by atoms with van der Waals surface area (Å²) in [5.41, 5.74) is 0.567. The summed E-state index contributed by atoms with van der Waals surface area (Å²) < 4.78 is 18.5. The molecule has 0 radical (unpaired) electrons. The summed E-state index contributed by atoms with van der Waals surface area (Å²) in [5, 5.41) is 12.9. The molecule has 0 heterocycles. The molecule has 0 spiro atoms. The molecular formula is C14H22FNO2. The van der Waals surface area contributed by atoms with E-state index in [0.29, 0.717) is 31.2 Å². The first-order chi connectivity index (χ1) is 8.54. The maximum Gasteiger partial charge on any atom is 0.123 e. The molecule has 0 bridgehead atoms. The van der Waals surface area contributed by atoms with Crippen molar-refractivity contribution in [1.29, 1.82) is 0 Å². The topological polar surface area (TPSA) is 41.5 Å². The lowest BCUT2D eigenvalue weighted by molar-refractivity contribution is 0.107. The lowest BCUT2D eigenvalue weighted by Gasteiger charge is -2.22. The van der Waals surface area contributed by atoms with Gasteiger partial charge in [0.25, 0.3) is 0 Å². The molecule has 0 saturated heterocycles. The summed E-state index contributed by atoms with van der Waals surface area (Å²) >= 11 is 0. The van der Waals surface area contributed by atoms with E-state index in [0.717, 1.165) is 0 Å². The van der Waals surface area contributed by atoms with Gasteiger partial charge in [-0.1, -0.05) is 13.8 Å². The van der Waals surface area contributed by atoms with Gasteiger partial charge in [0.2, 0.25) is 0 Å². The lowest BCUT2D eigenvalue weighted by atomic mass is 10.0. The number of aromatic hydroxyl groups is 1. The molecule has 4 heteroatoms. The van der Waals surface area contributed by atoms with Gasteiger partial charge in [-0.3, -0.25) is 0 Å². The van der Waals surface area contributed by atoms with Crippen LogP contribution in [0.25, 0.3) is 0 Å². The average Bonchev–Trinajstić information content (AvgIpc) is 2.33. The Morgan fingerprint density at radius 3 is 2.72 bits per heavy atom. The Labute approximate surface area is 108 Å². The van der Waals surface area contributed by atoms with Crippen LogP contribution in [0.2, 0.25) is 0 Å². The standard InChI is InChI=1S/C14H22FNO2/c1-4-18-9-13(10(2)3)16-8-11-7-12(15)5-6-14(11)17/h5-7,10,13,16-17H,4,8-9H2,1-3H3. The van der Waals surface area contributed by atoms with Gasteiger partial charge < -0.3 is 15.2 Å². The largest absolute Gasteiger partial charge is 0.508 e. The average molecular weight is 255 g/mol. The zero-order valence-electron chi connectivity index (χ0n) is 11.2. The van der Waals surface area contributed by atoms with Crippen molar-refractivity contribution in [3.8, 4) is 5.75 Å². The molecule has 1 unspecified atom stereocenters. The highest BCUT2D eigenvalue weighted by molar-refractivity contribution is 5.32. The molecule has 0 saturated carbocycles. The van der Waals surface area contributed by atoms with Crippen LogP contribution in [0.3, 0.4) is 0 Å². The van der Waals surface area contributed by atoms with E-state index in [2.05, 4.69) is 19.2 Å². The van der Waals surface area contributed by atoms with Gasteiger partial charge in [-0.05, 0) is 31.0 Å². The van der Waals surface area contributed by atoms with E-state index in [1.54, 1.807) is 0 Å². The summed E-state index contributed by atoms with van der Waals surface area (Å²) in [4.78, 5) is 0. The maximum atomic E-state index is 13.1. The van der Waals surface area contributed by atoms with Crippen molar-refractivity contribution < 1.29 is 14.2 Å². The molecule has 0 aromatic heterocycles. The summed E-state index contributed by atoms with van der Waals surface area (Å²) in [6, 6.07) is 4.16. The molecule has 18 heavy (non-hydrogen) atoms. The zero-order valence-corrected chi connectivity index (χ0v) is 11.2. The minimum Gasteiger partial charge on any atom is -0.508 e. The number of halogens is 1. The van der Waals surface area contributed by atoms with E-state index in [1.807, 2.05) is 6.92 Å². The van der Waals surface area contributed by atoms with Gasteiger partial charge in [-0.15, -0.1) is 0 Å². The van der Waals surface area contributed by atoms with Crippen LogP contribution in [0.15, 0.2) is 18.2 Å². The van der Waals surface area contributed by atoms with E-state index in [9.17, 15) is 9.50 Å². The van der Waals surface area contributed by atoms with Gasteiger partial charge in [-0.25, -0.2) is 4.39 Å². The minimum atomic E-state index is -0.337. The number of benzene rings is 1. The first kappa shape index (κ1) is 14.9. The number of ether oxygens (including phenoxy) is 1. The fourth-order valence-corrected chi connectivity index (χ4v) is 1.67. The van der Waals surface area contributed by atoms with Gasteiger partial charge in [0, 0.05) is 24.8 Å². The molecule has 2 N–H and O–H groups in total. The van der Waals surface area contributed by atoms with Crippen LogP contribution >= 0.6 is 0 Å². The molecule has 0 fully saturated rings. The third kappa shape index (κ3) is 4.63. The Morgan fingerprint density at radius 2 is 2.11 bits per heavy atom. The molecule has 0 aliphatic rings. The predicted octanol–water partition coefficient (Wildman–Crippen LogP) is 2.68. The van der Waals surface area contributed by atoms with E-state index in [4.69, 9.17) is 4.74 Å². The monoisotopic (exact) mass is 255 g/mol. The van der Waals surface area contributed by atoms with E-state index in [-0.39, 0.29) is 17.6 Å². The molecule has 0 amide bonds. The molecule has 1 atom stereocenters. The fourth-order valence-electron chi connectivity index (χ4n) is 1.67. The number of phenolic OH excluding ortho intramolecular Hbond substituents is 1. The molecule has 1 rings (SSSR count). The van der Waals surface area contributed by atoms with Gasteiger partial charge in [0.05, 0.1) is 6.61 Å². The molecule has 0 aliphatic carbocycles. The smallest absolute Gasteiger partial charge is 0.123 e. The third-order valence-corrected chi connectivity index (χ3v) is 2.90. The van der Waals surface area contributed by atoms with Gasteiger partial charge in [-0.2, -0.15) is 0 Å². The molecule has 0 aliphatic heterocycles. The Morgan fingerprint density at radius 1 is 1.39 bits per heavy atom. The van der Waals surface area contributed by atoms with Crippen LogP contribution in [-0.2, 0) is 11.3 Å². The van der Waals surface area contributed by atoms with E-state index in [1.165, 1.54) is 18.2 Å². The van der Waals surface area contributed by atoms with Crippen molar-refractivity contribution in [2.75, 3.05) is 13.2 Å². The Hall–Kier alpha value is -1.13. The summed E-state index contributed by atoms with van der Waals surface area (Å²) in [5.74, 6) is 0.186. The Bertz CT molecular complexity index is 369. The van der Waals surface area contributed by atoms with E-state index < -0.39 is 0 Å². The minimum absolute atomic E-state index is 0.114. The molecule has 102 valence electrons.